The minimum absolute atomic E-state index is 0.198. The van der Waals surface area contributed by atoms with E-state index in [2.05, 4.69) is 4.74 Å². The van der Waals surface area contributed by atoms with Gasteiger partial charge in [-0.25, -0.2) is 4.79 Å². The van der Waals surface area contributed by atoms with Crippen LogP contribution in [0.5, 0.6) is 0 Å². The Hall–Kier alpha value is -0.520. The lowest BCUT2D eigenvalue weighted by Gasteiger charge is -2.26. The van der Waals surface area contributed by atoms with Crippen molar-refractivity contribution < 1.29 is 24.1 Å². The summed E-state index contributed by atoms with van der Waals surface area (Å²) >= 11 is 5.43. The van der Waals surface area contributed by atoms with Crippen LogP contribution in [0.2, 0.25) is 0 Å². The molecule has 1 heterocycles. The summed E-state index contributed by atoms with van der Waals surface area (Å²) in [6.07, 6.45) is -2.31. The van der Waals surface area contributed by atoms with Gasteiger partial charge in [0.2, 0.25) is 0 Å². The minimum Gasteiger partial charge on any atom is -0.450 e. The standard InChI is InChI=1S/C6H9ClO5/c7-1-5-10-2-4(3-11-5)12-6(8)9/h4-5H,1-3H2,(H,8,9). The van der Waals surface area contributed by atoms with Crippen molar-refractivity contribution >= 4 is 17.8 Å². The Morgan fingerprint density at radius 3 is 2.58 bits per heavy atom. The Morgan fingerprint density at radius 2 is 2.17 bits per heavy atom. The molecule has 0 bridgehead atoms. The van der Waals surface area contributed by atoms with E-state index in [9.17, 15) is 4.79 Å². The number of carbonyl (C=O) groups is 1. The first kappa shape index (κ1) is 9.57. The van der Waals surface area contributed by atoms with E-state index in [0.717, 1.165) is 0 Å². The van der Waals surface area contributed by atoms with Crippen LogP contribution in [-0.4, -0.2) is 42.7 Å². The first-order valence-corrected chi connectivity index (χ1v) is 3.94. The second-order valence-electron chi connectivity index (χ2n) is 2.26. The monoisotopic (exact) mass is 196 g/mol. The molecule has 12 heavy (non-hydrogen) atoms. The molecule has 0 aromatic rings. The van der Waals surface area contributed by atoms with Gasteiger partial charge in [0.1, 0.15) is 0 Å². The molecule has 0 amide bonds. The molecule has 1 aliphatic rings. The number of alkyl halides is 1. The molecule has 5 nitrogen and oxygen atoms in total. The van der Waals surface area contributed by atoms with E-state index in [4.69, 9.17) is 26.2 Å². The van der Waals surface area contributed by atoms with E-state index in [0.29, 0.717) is 0 Å². The highest BCUT2D eigenvalue weighted by Gasteiger charge is 2.23. The van der Waals surface area contributed by atoms with Gasteiger partial charge in [-0.1, -0.05) is 0 Å². The highest BCUT2D eigenvalue weighted by atomic mass is 35.5. The van der Waals surface area contributed by atoms with Gasteiger partial charge in [-0.3, -0.25) is 0 Å². The van der Waals surface area contributed by atoms with Crippen molar-refractivity contribution in [1.29, 1.82) is 0 Å². The van der Waals surface area contributed by atoms with E-state index < -0.39 is 18.5 Å². The number of halogens is 1. The zero-order chi connectivity index (χ0) is 8.97. The molecule has 1 aliphatic heterocycles. The molecule has 0 aromatic carbocycles. The maximum Gasteiger partial charge on any atom is 0.506 e. The van der Waals surface area contributed by atoms with Gasteiger partial charge in [-0.15, -0.1) is 11.6 Å². The fourth-order valence-electron chi connectivity index (χ4n) is 0.825. The molecule has 1 N–H and O–H groups in total. The molecule has 6 heteroatoms. The molecule has 0 unspecified atom stereocenters. The predicted octanol–water partition coefficient (Wildman–Crippen LogP) is 0.661. The van der Waals surface area contributed by atoms with Crippen LogP contribution in [0, 0.1) is 0 Å². The lowest BCUT2D eigenvalue weighted by molar-refractivity contribution is -0.207. The van der Waals surface area contributed by atoms with Crippen LogP contribution in [0.3, 0.4) is 0 Å². The number of hydrogen-bond donors (Lipinski definition) is 1. The van der Waals surface area contributed by atoms with E-state index in [1.807, 2.05) is 0 Å². The number of ether oxygens (including phenoxy) is 3. The first-order chi connectivity index (χ1) is 5.72. The molecule has 1 rings (SSSR count). The molecule has 1 fully saturated rings. The summed E-state index contributed by atoms with van der Waals surface area (Å²) in [7, 11) is 0. The van der Waals surface area contributed by atoms with Crippen LogP contribution in [-0.2, 0) is 14.2 Å². The summed E-state index contributed by atoms with van der Waals surface area (Å²) in [5.41, 5.74) is 0. The third kappa shape index (κ3) is 2.84. The highest BCUT2D eigenvalue weighted by Crippen LogP contribution is 2.09. The summed E-state index contributed by atoms with van der Waals surface area (Å²) < 4.78 is 14.4. The zero-order valence-corrected chi connectivity index (χ0v) is 6.99. The Morgan fingerprint density at radius 1 is 1.58 bits per heavy atom. The Labute approximate surface area is 74.2 Å². The number of carboxylic acid groups (broad SMARTS) is 1. The third-order valence-corrected chi connectivity index (χ3v) is 1.58. The molecule has 70 valence electrons. The molecule has 0 spiro atoms. The SMILES string of the molecule is O=C(O)OC1COC(CCl)OC1. The van der Waals surface area contributed by atoms with Crippen LogP contribution in [0.4, 0.5) is 4.79 Å². The maximum absolute atomic E-state index is 10.1. The predicted molar refractivity (Wildman–Crippen MR) is 39.3 cm³/mol. The summed E-state index contributed by atoms with van der Waals surface area (Å²) in [6.45, 7) is 0.396. The van der Waals surface area contributed by atoms with E-state index in [1.54, 1.807) is 0 Å². The van der Waals surface area contributed by atoms with Gasteiger partial charge in [0, 0.05) is 0 Å². The van der Waals surface area contributed by atoms with Crippen molar-refractivity contribution in [2.24, 2.45) is 0 Å². The molecule has 0 saturated carbocycles. The van der Waals surface area contributed by atoms with Crippen LogP contribution in [0.1, 0.15) is 0 Å². The van der Waals surface area contributed by atoms with E-state index in [-0.39, 0.29) is 19.1 Å². The smallest absolute Gasteiger partial charge is 0.450 e. The van der Waals surface area contributed by atoms with Gasteiger partial charge >= 0.3 is 6.16 Å². The number of rotatable bonds is 2. The average Bonchev–Trinajstić information content (AvgIpc) is 2.05. The van der Waals surface area contributed by atoms with Gasteiger partial charge in [0.05, 0.1) is 19.1 Å². The summed E-state index contributed by atoms with van der Waals surface area (Å²) in [6, 6.07) is 0. The normalized spacial score (nSPS) is 29.8. The van der Waals surface area contributed by atoms with Crippen molar-refractivity contribution in [2.45, 2.75) is 12.4 Å². The molecule has 0 aliphatic carbocycles. The Balaban J connectivity index is 2.21. The summed E-state index contributed by atoms with van der Waals surface area (Å²) in [4.78, 5) is 10.1. The van der Waals surface area contributed by atoms with Crippen molar-refractivity contribution in [2.75, 3.05) is 19.1 Å². The van der Waals surface area contributed by atoms with E-state index >= 15 is 0 Å². The van der Waals surface area contributed by atoms with Crippen LogP contribution in [0.25, 0.3) is 0 Å². The van der Waals surface area contributed by atoms with Gasteiger partial charge in [0.25, 0.3) is 0 Å². The molecule has 1 saturated heterocycles. The lowest BCUT2D eigenvalue weighted by atomic mass is 10.4. The second kappa shape index (κ2) is 4.49. The largest absolute Gasteiger partial charge is 0.506 e. The Kier molecular flexibility index (Phi) is 3.58. The summed E-state index contributed by atoms with van der Waals surface area (Å²) in [5, 5.41) is 8.23. The van der Waals surface area contributed by atoms with Crippen molar-refractivity contribution in [1.82, 2.24) is 0 Å². The fourth-order valence-corrected chi connectivity index (χ4v) is 1.00. The zero-order valence-electron chi connectivity index (χ0n) is 6.23. The van der Waals surface area contributed by atoms with E-state index in [1.165, 1.54) is 0 Å². The van der Waals surface area contributed by atoms with Crippen molar-refractivity contribution in [3.63, 3.8) is 0 Å². The molecule has 0 atom stereocenters. The maximum atomic E-state index is 10.1. The van der Waals surface area contributed by atoms with Gasteiger partial charge in [0.15, 0.2) is 12.4 Å². The van der Waals surface area contributed by atoms with Crippen LogP contribution < -0.4 is 0 Å². The van der Waals surface area contributed by atoms with Gasteiger partial charge in [-0.2, -0.15) is 0 Å². The highest BCUT2D eigenvalue weighted by molar-refractivity contribution is 6.18. The minimum atomic E-state index is -1.32. The lowest BCUT2D eigenvalue weighted by Crippen LogP contribution is -2.39. The Bertz CT molecular complexity index is 154. The molecular weight excluding hydrogens is 188 g/mol. The second-order valence-corrected chi connectivity index (χ2v) is 2.56. The van der Waals surface area contributed by atoms with Gasteiger partial charge < -0.3 is 19.3 Å². The quantitative estimate of drug-likeness (QED) is 0.519. The number of hydrogen-bond acceptors (Lipinski definition) is 4. The first-order valence-electron chi connectivity index (χ1n) is 3.41. The average molecular weight is 197 g/mol. The molecule has 0 aromatic heterocycles. The molecular formula is C6H9ClO5. The van der Waals surface area contributed by atoms with Crippen LogP contribution in [0.15, 0.2) is 0 Å². The van der Waals surface area contributed by atoms with Crippen LogP contribution >= 0.6 is 11.6 Å². The topological polar surface area (TPSA) is 65.0 Å². The van der Waals surface area contributed by atoms with Crippen molar-refractivity contribution in [3.8, 4) is 0 Å². The summed E-state index contributed by atoms with van der Waals surface area (Å²) in [5.74, 6) is 0.236. The third-order valence-electron chi connectivity index (χ3n) is 1.33. The van der Waals surface area contributed by atoms with Gasteiger partial charge in [-0.05, 0) is 0 Å². The fraction of sp³-hybridized carbons (Fsp3) is 0.833. The molecule has 0 radical (unpaired) electrons. The van der Waals surface area contributed by atoms with Crippen molar-refractivity contribution in [3.05, 3.63) is 0 Å².